The van der Waals surface area contributed by atoms with Gasteiger partial charge in [-0.05, 0) is 12.1 Å². The van der Waals surface area contributed by atoms with Gasteiger partial charge in [0.05, 0.1) is 0 Å². The van der Waals surface area contributed by atoms with Gasteiger partial charge in [0.2, 0.25) is 0 Å². The lowest BCUT2D eigenvalue weighted by Gasteiger charge is -2.06. The van der Waals surface area contributed by atoms with Crippen LogP contribution in [0.25, 0.3) is 0 Å². The summed E-state index contributed by atoms with van der Waals surface area (Å²) in [6.45, 7) is 0. The van der Waals surface area contributed by atoms with Crippen LogP contribution in [-0.2, 0) is 9.84 Å². The second-order valence-corrected chi connectivity index (χ2v) is 5.46. The van der Waals surface area contributed by atoms with E-state index in [1.807, 2.05) is 0 Å². The minimum absolute atomic E-state index is 0.510. The van der Waals surface area contributed by atoms with Crippen molar-refractivity contribution in [3.05, 3.63) is 18.3 Å². The van der Waals surface area contributed by atoms with Crippen molar-refractivity contribution in [2.24, 2.45) is 0 Å². The Morgan fingerprint density at radius 2 is 2.08 bits per heavy atom. The van der Waals surface area contributed by atoms with E-state index in [4.69, 9.17) is 0 Å². The Balaban J connectivity index is 3.22. The Bertz CT molecular complexity index is 353. The van der Waals surface area contributed by atoms with Crippen LogP contribution in [0.2, 0.25) is 0 Å². The van der Waals surface area contributed by atoms with Crippen LogP contribution >= 0.6 is 15.9 Å². The molecule has 1 heterocycles. The van der Waals surface area contributed by atoms with Crippen LogP contribution in [0.3, 0.4) is 0 Å². The molecule has 0 saturated heterocycles. The molecule has 12 heavy (non-hydrogen) atoms. The van der Waals surface area contributed by atoms with Gasteiger partial charge < -0.3 is 4.98 Å². The Morgan fingerprint density at radius 3 is 2.42 bits per heavy atom. The molecule has 0 aliphatic heterocycles. The summed E-state index contributed by atoms with van der Waals surface area (Å²) in [4.78, 5) is 2.19. The van der Waals surface area contributed by atoms with E-state index in [0.717, 1.165) is 6.07 Å². The first kappa shape index (κ1) is 9.66. The van der Waals surface area contributed by atoms with Gasteiger partial charge in [0.15, 0.2) is 0 Å². The second kappa shape index (κ2) is 2.81. The number of rotatable bonds is 2. The van der Waals surface area contributed by atoms with Gasteiger partial charge in [0.25, 0.3) is 9.84 Å². The summed E-state index contributed by atoms with van der Waals surface area (Å²) in [5.74, 6) is 0. The molecular weight excluding hydrogens is 256 g/mol. The van der Waals surface area contributed by atoms with Crippen molar-refractivity contribution < 1.29 is 17.2 Å². The minimum Gasteiger partial charge on any atom is -0.352 e. The number of nitrogens with one attached hydrogen (secondary N) is 1. The van der Waals surface area contributed by atoms with E-state index in [9.17, 15) is 17.2 Å². The number of aromatic nitrogens is 1. The Labute approximate surface area is 75.8 Å². The normalized spacial score (nSPS) is 13.2. The number of aromatic amines is 1. The lowest BCUT2D eigenvalue weighted by molar-refractivity contribution is 0.203. The average Bonchev–Trinajstić information content (AvgIpc) is 2.34. The third-order valence-electron chi connectivity index (χ3n) is 1.16. The number of hydrogen-bond acceptors (Lipinski definition) is 2. The SMILES string of the molecule is O=S(=O)(c1ccc[nH]1)C(F)(F)Br. The molecule has 0 saturated carbocycles. The van der Waals surface area contributed by atoms with E-state index < -0.39 is 19.0 Å². The highest BCUT2D eigenvalue weighted by Crippen LogP contribution is 2.33. The Hall–Kier alpha value is -0.430. The maximum Gasteiger partial charge on any atom is 0.405 e. The average molecular weight is 260 g/mol. The van der Waals surface area contributed by atoms with Crippen LogP contribution in [0.15, 0.2) is 23.4 Å². The van der Waals surface area contributed by atoms with Crippen LogP contribution in [0.4, 0.5) is 8.78 Å². The minimum atomic E-state index is -4.61. The van der Waals surface area contributed by atoms with Gasteiger partial charge >= 0.3 is 4.16 Å². The molecule has 0 unspecified atom stereocenters. The summed E-state index contributed by atoms with van der Waals surface area (Å²) in [6.07, 6.45) is 1.26. The van der Waals surface area contributed by atoms with Gasteiger partial charge in [-0.3, -0.25) is 0 Å². The fourth-order valence-corrected chi connectivity index (χ4v) is 1.86. The summed E-state index contributed by atoms with van der Waals surface area (Å²) in [6, 6.07) is 2.39. The zero-order valence-electron chi connectivity index (χ0n) is 5.59. The van der Waals surface area contributed by atoms with Gasteiger partial charge in [-0.25, -0.2) is 8.42 Å². The smallest absolute Gasteiger partial charge is 0.352 e. The standard InChI is InChI=1S/C5H4BrF2NO2S/c6-5(7,8)12(10,11)4-2-1-3-9-4/h1-3,9H. The fourth-order valence-electron chi connectivity index (χ4n) is 0.606. The molecule has 7 heteroatoms. The van der Waals surface area contributed by atoms with Crippen LogP contribution in [0.1, 0.15) is 0 Å². The molecule has 1 N–H and O–H groups in total. The molecule has 68 valence electrons. The molecular formula is C5H4BrF2NO2S. The highest BCUT2D eigenvalue weighted by atomic mass is 79.9. The van der Waals surface area contributed by atoms with Gasteiger partial charge in [-0.1, -0.05) is 0 Å². The first-order valence-corrected chi connectivity index (χ1v) is 5.08. The first-order valence-electron chi connectivity index (χ1n) is 2.80. The highest BCUT2D eigenvalue weighted by molar-refractivity contribution is 9.11. The number of H-pyrrole nitrogens is 1. The van der Waals surface area contributed by atoms with Crippen molar-refractivity contribution >= 4 is 25.8 Å². The van der Waals surface area contributed by atoms with Gasteiger partial charge in [0, 0.05) is 22.1 Å². The van der Waals surface area contributed by atoms with Crippen LogP contribution in [0, 0.1) is 0 Å². The maximum atomic E-state index is 12.4. The predicted octanol–water partition coefficient (Wildman–Crippen LogP) is 1.73. The molecule has 0 bridgehead atoms. The second-order valence-electron chi connectivity index (χ2n) is 1.98. The summed E-state index contributed by atoms with van der Waals surface area (Å²) >= 11 is 1.78. The molecule has 0 aliphatic carbocycles. The molecule has 0 aromatic carbocycles. The van der Waals surface area contributed by atoms with E-state index in [1.54, 1.807) is 15.9 Å². The van der Waals surface area contributed by atoms with Crippen LogP contribution in [0.5, 0.6) is 0 Å². The van der Waals surface area contributed by atoms with Crippen molar-refractivity contribution in [3.63, 3.8) is 0 Å². The van der Waals surface area contributed by atoms with E-state index >= 15 is 0 Å². The fraction of sp³-hybridized carbons (Fsp3) is 0.200. The Morgan fingerprint density at radius 1 is 1.50 bits per heavy atom. The third-order valence-corrected chi connectivity index (χ3v) is 3.88. The lowest BCUT2D eigenvalue weighted by Crippen LogP contribution is -2.21. The summed E-state index contributed by atoms with van der Waals surface area (Å²) in [7, 11) is -4.61. The predicted molar refractivity (Wildman–Crippen MR) is 41.9 cm³/mol. The van der Waals surface area contributed by atoms with Crippen molar-refractivity contribution in [2.45, 2.75) is 9.19 Å². The lowest BCUT2D eigenvalue weighted by atomic mass is 10.7. The van der Waals surface area contributed by atoms with Crippen molar-refractivity contribution in [2.75, 3.05) is 0 Å². The quantitative estimate of drug-likeness (QED) is 0.823. The van der Waals surface area contributed by atoms with Crippen molar-refractivity contribution in [1.29, 1.82) is 0 Å². The van der Waals surface area contributed by atoms with Crippen molar-refractivity contribution in [1.82, 2.24) is 4.98 Å². The zero-order valence-corrected chi connectivity index (χ0v) is 7.99. The molecule has 0 atom stereocenters. The molecule has 1 rings (SSSR count). The first-order chi connectivity index (χ1) is 5.36. The molecule has 0 radical (unpaired) electrons. The van der Waals surface area contributed by atoms with Crippen LogP contribution in [-0.4, -0.2) is 17.6 Å². The topological polar surface area (TPSA) is 49.9 Å². The molecule has 0 spiro atoms. The summed E-state index contributed by atoms with van der Waals surface area (Å²) < 4.78 is 42.6. The number of hydrogen-bond donors (Lipinski definition) is 1. The van der Waals surface area contributed by atoms with Crippen molar-refractivity contribution in [3.8, 4) is 0 Å². The molecule has 3 nitrogen and oxygen atoms in total. The summed E-state index contributed by atoms with van der Waals surface area (Å²) in [5, 5.41) is -0.510. The third kappa shape index (κ3) is 1.51. The summed E-state index contributed by atoms with van der Waals surface area (Å²) in [5.41, 5.74) is 0. The number of halogens is 3. The Kier molecular flexibility index (Phi) is 2.26. The largest absolute Gasteiger partial charge is 0.405 e. The van der Waals surface area contributed by atoms with Gasteiger partial charge in [-0.2, -0.15) is 8.78 Å². The van der Waals surface area contributed by atoms with Crippen LogP contribution < -0.4 is 0 Å². The van der Waals surface area contributed by atoms with E-state index in [-0.39, 0.29) is 0 Å². The highest BCUT2D eigenvalue weighted by Gasteiger charge is 2.43. The zero-order chi connectivity index (χ0) is 9.41. The molecule has 0 fully saturated rings. The number of sulfone groups is 1. The monoisotopic (exact) mass is 259 g/mol. The van der Waals surface area contributed by atoms with E-state index in [0.29, 0.717) is 0 Å². The van der Waals surface area contributed by atoms with Gasteiger partial charge in [-0.15, -0.1) is 0 Å². The molecule has 1 aromatic rings. The van der Waals surface area contributed by atoms with Gasteiger partial charge in [0.1, 0.15) is 5.03 Å². The van der Waals surface area contributed by atoms with E-state index in [2.05, 4.69) is 4.98 Å². The molecule has 1 aromatic heterocycles. The van der Waals surface area contributed by atoms with E-state index in [1.165, 1.54) is 12.3 Å². The maximum absolute atomic E-state index is 12.4. The number of alkyl halides is 3. The molecule has 0 aliphatic rings. The molecule has 0 amide bonds.